The van der Waals surface area contributed by atoms with Crippen LogP contribution in [-0.4, -0.2) is 43.8 Å². The highest BCUT2D eigenvalue weighted by atomic mass is 19.1. The number of halogens is 1. The summed E-state index contributed by atoms with van der Waals surface area (Å²) in [6.45, 7) is 3.44. The smallest absolute Gasteiger partial charge is 0.322 e. The molecule has 0 spiro atoms. The first-order valence-corrected chi connectivity index (χ1v) is 6.65. The number of amides is 2. The molecule has 6 heteroatoms. The van der Waals surface area contributed by atoms with Gasteiger partial charge in [0.1, 0.15) is 11.6 Å². The van der Waals surface area contributed by atoms with Crippen molar-refractivity contribution in [3.05, 3.63) is 24.0 Å². The Labute approximate surface area is 117 Å². The van der Waals surface area contributed by atoms with E-state index in [4.69, 9.17) is 9.47 Å². The van der Waals surface area contributed by atoms with Crippen LogP contribution in [-0.2, 0) is 4.74 Å². The minimum atomic E-state index is -0.508. The van der Waals surface area contributed by atoms with E-state index in [0.29, 0.717) is 25.4 Å². The number of carbonyl (C=O) groups excluding carboxylic acids is 1. The van der Waals surface area contributed by atoms with Crippen molar-refractivity contribution in [1.82, 2.24) is 4.90 Å². The molecule has 1 saturated heterocycles. The zero-order valence-electron chi connectivity index (χ0n) is 11.7. The predicted octanol–water partition coefficient (Wildman–Crippen LogP) is 2.48. The molecule has 2 rings (SSSR count). The van der Waals surface area contributed by atoms with Crippen molar-refractivity contribution in [2.75, 3.05) is 32.1 Å². The number of likely N-dealkylation sites (tertiary alicyclic amines) is 1. The molecule has 1 aliphatic rings. The van der Waals surface area contributed by atoms with Crippen LogP contribution in [0.2, 0.25) is 0 Å². The molecule has 1 N–H and O–H groups in total. The number of hydrogen-bond donors (Lipinski definition) is 1. The van der Waals surface area contributed by atoms with Crippen molar-refractivity contribution in [3.8, 4) is 5.75 Å². The Bertz CT molecular complexity index is 481. The third kappa shape index (κ3) is 3.39. The van der Waals surface area contributed by atoms with Gasteiger partial charge in [0, 0.05) is 26.3 Å². The van der Waals surface area contributed by atoms with Crippen molar-refractivity contribution in [2.24, 2.45) is 0 Å². The minimum Gasteiger partial charge on any atom is -0.494 e. The number of carbonyl (C=O) groups is 1. The molecule has 0 radical (unpaired) electrons. The van der Waals surface area contributed by atoms with Gasteiger partial charge >= 0.3 is 6.03 Å². The number of hydrogen-bond acceptors (Lipinski definition) is 3. The molecular formula is C14H19FN2O3. The Morgan fingerprint density at radius 2 is 2.35 bits per heavy atom. The van der Waals surface area contributed by atoms with E-state index in [2.05, 4.69) is 5.32 Å². The number of benzene rings is 1. The summed E-state index contributed by atoms with van der Waals surface area (Å²) in [6, 6.07) is 4.08. The van der Waals surface area contributed by atoms with E-state index in [0.717, 1.165) is 6.42 Å². The minimum absolute atomic E-state index is 0.0610. The molecule has 1 aliphatic heterocycles. The maximum absolute atomic E-state index is 13.8. The van der Waals surface area contributed by atoms with Crippen molar-refractivity contribution in [2.45, 2.75) is 19.4 Å². The van der Waals surface area contributed by atoms with Crippen molar-refractivity contribution >= 4 is 11.7 Å². The fourth-order valence-corrected chi connectivity index (χ4v) is 2.15. The lowest BCUT2D eigenvalue weighted by Gasteiger charge is -2.17. The fourth-order valence-electron chi connectivity index (χ4n) is 2.15. The molecule has 1 fully saturated rings. The third-order valence-corrected chi connectivity index (χ3v) is 3.26. The van der Waals surface area contributed by atoms with Gasteiger partial charge < -0.3 is 19.7 Å². The van der Waals surface area contributed by atoms with Gasteiger partial charge in [0.05, 0.1) is 18.4 Å². The second-order valence-electron chi connectivity index (χ2n) is 4.60. The number of methoxy groups -OCH3 is 1. The average molecular weight is 282 g/mol. The average Bonchev–Trinajstić information content (AvgIpc) is 2.91. The standard InChI is InChI=1S/C14H19FN2O3/c1-3-20-10-4-5-13(12(15)8-10)16-14(18)17-7-6-11(9-17)19-2/h4-5,8,11H,3,6-7,9H2,1-2H3,(H,16,18). The molecule has 5 nitrogen and oxygen atoms in total. The highest BCUT2D eigenvalue weighted by Crippen LogP contribution is 2.22. The van der Waals surface area contributed by atoms with Crippen LogP contribution < -0.4 is 10.1 Å². The largest absolute Gasteiger partial charge is 0.494 e. The van der Waals surface area contributed by atoms with Gasteiger partial charge in [-0.25, -0.2) is 9.18 Å². The van der Waals surface area contributed by atoms with Crippen molar-refractivity contribution < 1.29 is 18.7 Å². The lowest BCUT2D eigenvalue weighted by molar-refractivity contribution is 0.111. The third-order valence-electron chi connectivity index (χ3n) is 3.26. The quantitative estimate of drug-likeness (QED) is 0.923. The Hall–Kier alpha value is -1.82. The first-order chi connectivity index (χ1) is 9.63. The molecule has 0 aromatic heterocycles. The second kappa shape index (κ2) is 6.56. The molecule has 1 heterocycles. The van der Waals surface area contributed by atoms with Gasteiger partial charge in [-0.1, -0.05) is 0 Å². The van der Waals surface area contributed by atoms with E-state index >= 15 is 0 Å². The first-order valence-electron chi connectivity index (χ1n) is 6.65. The summed E-state index contributed by atoms with van der Waals surface area (Å²) < 4.78 is 24.2. The lowest BCUT2D eigenvalue weighted by Crippen LogP contribution is -2.34. The van der Waals surface area contributed by atoms with Gasteiger partial charge in [-0.3, -0.25) is 0 Å². The zero-order valence-corrected chi connectivity index (χ0v) is 11.7. The van der Waals surface area contributed by atoms with Crippen LogP contribution >= 0.6 is 0 Å². The van der Waals surface area contributed by atoms with Crippen LogP contribution in [0, 0.1) is 5.82 Å². The highest BCUT2D eigenvalue weighted by molar-refractivity contribution is 5.89. The van der Waals surface area contributed by atoms with Crippen molar-refractivity contribution in [3.63, 3.8) is 0 Å². The Morgan fingerprint density at radius 1 is 1.55 bits per heavy atom. The van der Waals surface area contributed by atoms with Crippen LogP contribution in [0.15, 0.2) is 18.2 Å². The summed E-state index contributed by atoms with van der Waals surface area (Å²) in [5.74, 6) is -0.0598. The Morgan fingerprint density at radius 3 is 2.95 bits per heavy atom. The van der Waals surface area contributed by atoms with Gasteiger partial charge in [0.15, 0.2) is 0 Å². The molecular weight excluding hydrogens is 263 g/mol. The molecule has 1 unspecified atom stereocenters. The first kappa shape index (κ1) is 14.6. The van der Waals surface area contributed by atoms with Crippen LogP contribution in [0.1, 0.15) is 13.3 Å². The van der Waals surface area contributed by atoms with Crippen molar-refractivity contribution in [1.29, 1.82) is 0 Å². The summed E-state index contributed by atoms with van der Waals surface area (Å²) >= 11 is 0. The number of anilines is 1. The van der Waals surface area contributed by atoms with Crippen LogP contribution in [0.25, 0.3) is 0 Å². The van der Waals surface area contributed by atoms with Crippen LogP contribution in [0.5, 0.6) is 5.75 Å². The van der Waals surface area contributed by atoms with Gasteiger partial charge in [-0.15, -0.1) is 0 Å². The second-order valence-corrected chi connectivity index (χ2v) is 4.60. The molecule has 20 heavy (non-hydrogen) atoms. The normalized spacial score (nSPS) is 18.1. The molecule has 0 aliphatic carbocycles. The van der Waals surface area contributed by atoms with Gasteiger partial charge in [0.2, 0.25) is 0 Å². The molecule has 0 bridgehead atoms. The fraction of sp³-hybridized carbons (Fsp3) is 0.500. The van der Waals surface area contributed by atoms with E-state index in [1.54, 1.807) is 18.1 Å². The maximum Gasteiger partial charge on any atom is 0.322 e. The number of ether oxygens (including phenoxy) is 2. The van der Waals surface area contributed by atoms with E-state index < -0.39 is 5.82 Å². The Balaban J connectivity index is 1.97. The van der Waals surface area contributed by atoms with Gasteiger partial charge in [-0.2, -0.15) is 0 Å². The summed E-state index contributed by atoms with van der Waals surface area (Å²) in [5.41, 5.74) is 0.152. The van der Waals surface area contributed by atoms with E-state index in [1.165, 1.54) is 12.1 Å². The summed E-state index contributed by atoms with van der Waals surface area (Å²) in [5, 5.41) is 2.57. The zero-order chi connectivity index (χ0) is 14.5. The van der Waals surface area contributed by atoms with E-state index in [-0.39, 0.29) is 17.8 Å². The summed E-state index contributed by atoms with van der Waals surface area (Å²) in [6.07, 6.45) is 0.862. The summed E-state index contributed by atoms with van der Waals surface area (Å²) in [7, 11) is 1.62. The summed E-state index contributed by atoms with van der Waals surface area (Å²) in [4.78, 5) is 13.6. The SMILES string of the molecule is CCOc1ccc(NC(=O)N2CCC(OC)C2)c(F)c1. The molecule has 0 saturated carbocycles. The Kier molecular flexibility index (Phi) is 4.79. The number of nitrogens with zero attached hydrogens (tertiary/aromatic N) is 1. The van der Waals surface area contributed by atoms with Crippen LogP contribution in [0.3, 0.4) is 0 Å². The van der Waals surface area contributed by atoms with E-state index in [1.807, 2.05) is 6.92 Å². The molecule has 1 aromatic carbocycles. The van der Waals surface area contributed by atoms with Gasteiger partial charge in [-0.05, 0) is 25.5 Å². The number of urea groups is 1. The monoisotopic (exact) mass is 282 g/mol. The van der Waals surface area contributed by atoms with Crippen LogP contribution in [0.4, 0.5) is 14.9 Å². The lowest BCUT2D eigenvalue weighted by atomic mass is 10.3. The molecule has 1 aromatic rings. The number of nitrogens with one attached hydrogen (secondary N) is 1. The molecule has 110 valence electrons. The number of rotatable bonds is 4. The maximum atomic E-state index is 13.8. The van der Waals surface area contributed by atoms with Gasteiger partial charge in [0.25, 0.3) is 0 Å². The highest BCUT2D eigenvalue weighted by Gasteiger charge is 2.26. The van der Waals surface area contributed by atoms with E-state index in [9.17, 15) is 9.18 Å². The molecule has 2 amide bonds. The predicted molar refractivity (Wildman–Crippen MR) is 73.6 cm³/mol. The molecule has 1 atom stereocenters. The topological polar surface area (TPSA) is 50.8 Å².